The van der Waals surface area contributed by atoms with Crippen molar-refractivity contribution < 1.29 is 14.3 Å². The first-order valence-electron chi connectivity index (χ1n) is 10.7. The number of nitrogens with one attached hydrogen (secondary N) is 1. The molecule has 0 saturated heterocycles. The van der Waals surface area contributed by atoms with Crippen molar-refractivity contribution in [3.8, 4) is 5.75 Å². The van der Waals surface area contributed by atoms with Crippen molar-refractivity contribution >= 4 is 11.8 Å². The van der Waals surface area contributed by atoms with Gasteiger partial charge in [-0.05, 0) is 43.4 Å². The monoisotopic (exact) mass is 410 g/mol. The second kappa shape index (κ2) is 11.4. The van der Waals surface area contributed by atoms with Crippen LogP contribution < -0.4 is 10.1 Å². The van der Waals surface area contributed by atoms with E-state index < -0.39 is 6.04 Å². The van der Waals surface area contributed by atoms with E-state index in [9.17, 15) is 9.59 Å². The third kappa shape index (κ3) is 6.61. The highest BCUT2D eigenvalue weighted by Crippen LogP contribution is 2.26. The fourth-order valence-corrected chi connectivity index (χ4v) is 3.14. The molecule has 0 aromatic heterocycles. The van der Waals surface area contributed by atoms with E-state index in [0.717, 1.165) is 17.5 Å². The Morgan fingerprint density at radius 3 is 2.23 bits per heavy atom. The van der Waals surface area contributed by atoms with Crippen molar-refractivity contribution in [3.63, 3.8) is 0 Å². The van der Waals surface area contributed by atoms with Crippen LogP contribution in [-0.2, 0) is 16.1 Å². The lowest BCUT2D eigenvalue weighted by Gasteiger charge is -2.29. The van der Waals surface area contributed by atoms with Gasteiger partial charge >= 0.3 is 0 Å². The van der Waals surface area contributed by atoms with E-state index in [1.165, 1.54) is 0 Å². The van der Waals surface area contributed by atoms with Gasteiger partial charge in [-0.2, -0.15) is 0 Å². The van der Waals surface area contributed by atoms with Gasteiger partial charge in [-0.3, -0.25) is 9.59 Å². The summed E-state index contributed by atoms with van der Waals surface area (Å²) in [6.07, 6.45) is 0.834. The van der Waals surface area contributed by atoms with Crippen LogP contribution >= 0.6 is 0 Å². The van der Waals surface area contributed by atoms with Gasteiger partial charge in [0, 0.05) is 12.6 Å². The Balaban J connectivity index is 2.16. The van der Waals surface area contributed by atoms with Crippen LogP contribution in [0.3, 0.4) is 0 Å². The Bertz CT molecular complexity index is 820. The van der Waals surface area contributed by atoms with Gasteiger partial charge in [-0.15, -0.1) is 0 Å². The van der Waals surface area contributed by atoms with Gasteiger partial charge in [0.25, 0.3) is 5.91 Å². The van der Waals surface area contributed by atoms with E-state index >= 15 is 0 Å². The van der Waals surface area contributed by atoms with Crippen LogP contribution in [0.2, 0.25) is 0 Å². The molecule has 0 saturated carbocycles. The van der Waals surface area contributed by atoms with Gasteiger partial charge in [0.1, 0.15) is 11.8 Å². The summed E-state index contributed by atoms with van der Waals surface area (Å²) in [5, 5.41) is 2.97. The molecule has 2 atom stereocenters. The molecule has 0 heterocycles. The Morgan fingerprint density at radius 1 is 0.967 bits per heavy atom. The van der Waals surface area contributed by atoms with Crippen molar-refractivity contribution in [1.29, 1.82) is 0 Å². The zero-order valence-electron chi connectivity index (χ0n) is 18.7. The average molecular weight is 411 g/mol. The fraction of sp³-hybridized carbons (Fsp3) is 0.440. The molecule has 5 nitrogen and oxygen atoms in total. The topological polar surface area (TPSA) is 58.6 Å². The van der Waals surface area contributed by atoms with Crippen molar-refractivity contribution in [1.82, 2.24) is 10.2 Å². The van der Waals surface area contributed by atoms with Crippen molar-refractivity contribution in [2.24, 2.45) is 0 Å². The van der Waals surface area contributed by atoms with Crippen LogP contribution in [0.4, 0.5) is 0 Å². The lowest BCUT2D eigenvalue weighted by molar-refractivity contribution is -0.142. The Morgan fingerprint density at radius 2 is 1.60 bits per heavy atom. The number of benzene rings is 2. The van der Waals surface area contributed by atoms with Gasteiger partial charge < -0.3 is 15.0 Å². The van der Waals surface area contributed by atoms with Crippen molar-refractivity contribution in [2.45, 2.75) is 65.6 Å². The molecular weight excluding hydrogens is 376 g/mol. The van der Waals surface area contributed by atoms with E-state index in [0.29, 0.717) is 12.3 Å². The molecule has 0 bridgehead atoms. The van der Waals surface area contributed by atoms with Gasteiger partial charge in [-0.1, -0.05) is 69.3 Å². The molecule has 162 valence electrons. The standard InChI is InChI=1S/C25H34N2O3/c1-6-19(4)26-25(29)20(5)27(16-21-12-8-7-9-13-21)24(28)17-30-23-15-11-10-14-22(23)18(2)3/h7-15,18-20H,6,16-17H2,1-5H3,(H,26,29)/t19-,20+/m1/s1. The molecule has 2 aromatic carbocycles. The Hall–Kier alpha value is -2.82. The minimum absolute atomic E-state index is 0.0581. The van der Waals surface area contributed by atoms with Crippen LogP contribution in [0.1, 0.15) is 58.1 Å². The average Bonchev–Trinajstić information content (AvgIpc) is 2.75. The number of para-hydroxylation sites is 1. The minimum atomic E-state index is -0.601. The molecule has 2 aromatic rings. The zero-order valence-corrected chi connectivity index (χ0v) is 18.7. The summed E-state index contributed by atoms with van der Waals surface area (Å²) in [6, 6.07) is 16.9. The molecule has 0 aliphatic heterocycles. The molecule has 0 fully saturated rings. The van der Waals surface area contributed by atoms with Crippen LogP contribution in [-0.4, -0.2) is 35.4 Å². The summed E-state index contributed by atoms with van der Waals surface area (Å²) in [5.74, 6) is 0.620. The number of amides is 2. The predicted octanol–water partition coefficient (Wildman–Crippen LogP) is 4.52. The molecule has 1 N–H and O–H groups in total. The van der Waals surface area contributed by atoms with Gasteiger partial charge in [0.15, 0.2) is 6.61 Å². The molecule has 2 rings (SSSR count). The highest BCUT2D eigenvalue weighted by atomic mass is 16.5. The van der Waals surface area contributed by atoms with Gasteiger partial charge in [-0.25, -0.2) is 0 Å². The Kier molecular flexibility index (Phi) is 8.90. The van der Waals surface area contributed by atoms with Crippen LogP contribution in [0, 0.1) is 0 Å². The lowest BCUT2D eigenvalue weighted by Crippen LogP contribution is -2.50. The predicted molar refractivity (Wildman–Crippen MR) is 120 cm³/mol. The van der Waals surface area contributed by atoms with Crippen molar-refractivity contribution in [2.75, 3.05) is 6.61 Å². The number of ether oxygens (including phenoxy) is 1. The summed E-state index contributed by atoms with van der Waals surface area (Å²) in [4.78, 5) is 27.4. The molecule has 0 spiro atoms. The molecular formula is C25H34N2O3. The summed E-state index contributed by atoms with van der Waals surface area (Å²) in [6.45, 7) is 10.2. The Labute approximate surface area is 180 Å². The minimum Gasteiger partial charge on any atom is -0.483 e. The van der Waals surface area contributed by atoms with Crippen LogP contribution in [0.15, 0.2) is 54.6 Å². The fourth-order valence-electron chi connectivity index (χ4n) is 3.14. The number of carbonyl (C=O) groups is 2. The summed E-state index contributed by atoms with van der Waals surface area (Å²) >= 11 is 0. The van der Waals surface area contributed by atoms with Gasteiger partial charge in [0.05, 0.1) is 0 Å². The highest BCUT2D eigenvalue weighted by Gasteiger charge is 2.27. The molecule has 5 heteroatoms. The smallest absolute Gasteiger partial charge is 0.261 e. The first kappa shape index (κ1) is 23.5. The summed E-state index contributed by atoms with van der Waals surface area (Å²) in [5.41, 5.74) is 2.03. The third-order valence-corrected chi connectivity index (χ3v) is 5.26. The second-order valence-corrected chi connectivity index (χ2v) is 7.98. The number of hydrogen-bond acceptors (Lipinski definition) is 3. The number of carbonyl (C=O) groups excluding carboxylic acids is 2. The van der Waals surface area contributed by atoms with Crippen LogP contribution in [0.25, 0.3) is 0 Å². The number of hydrogen-bond donors (Lipinski definition) is 1. The van der Waals surface area contributed by atoms with E-state index in [1.807, 2.05) is 68.4 Å². The molecule has 0 aliphatic carbocycles. The van der Waals surface area contributed by atoms with E-state index in [4.69, 9.17) is 4.74 Å². The van der Waals surface area contributed by atoms with E-state index in [2.05, 4.69) is 19.2 Å². The molecule has 0 aliphatic rings. The quantitative estimate of drug-likeness (QED) is 0.626. The van der Waals surface area contributed by atoms with Crippen molar-refractivity contribution in [3.05, 3.63) is 65.7 Å². The number of rotatable bonds is 10. The maximum atomic E-state index is 13.1. The first-order valence-corrected chi connectivity index (χ1v) is 10.7. The maximum Gasteiger partial charge on any atom is 0.261 e. The SMILES string of the molecule is CC[C@@H](C)NC(=O)[C@H](C)N(Cc1ccccc1)C(=O)COc1ccccc1C(C)C. The molecule has 2 amide bonds. The summed E-state index contributed by atoms with van der Waals surface area (Å²) in [7, 11) is 0. The van der Waals surface area contributed by atoms with Crippen LogP contribution in [0.5, 0.6) is 5.75 Å². The summed E-state index contributed by atoms with van der Waals surface area (Å²) < 4.78 is 5.89. The van der Waals surface area contributed by atoms with E-state index in [-0.39, 0.29) is 30.4 Å². The third-order valence-electron chi connectivity index (χ3n) is 5.26. The van der Waals surface area contributed by atoms with Gasteiger partial charge in [0.2, 0.25) is 5.91 Å². The molecule has 0 radical (unpaired) electrons. The first-order chi connectivity index (χ1) is 14.3. The molecule has 0 unspecified atom stereocenters. The van der Waals surface area contributed by atoms with E-state index in [1.54, 1.807) is 11.8 Å². The molecule has 30 heavy (non-hydrogen) atoms. The number of nitrogens with zero attached hydrogens (tertiary/aromatic N) is 1. The lowest BCUT2D eigenvalue weighted by atomic mass is 10.0. The zero-order chi connectivity index (χ0) is 22.1. The largest absolute Gasteiger partial charge is 0.483 e. The second-order valence-electron chi connectivity index (χ2n) is 7.98. The normalized spacial score (nSPS) is 12.9. The maximum absolute atomic E-state index is 13.1. The highest BCUT2D eigenvalue weighted by molar-refractivity contribution is 5.88.